The van der Waals surface area contributed by atoms with Crippen LogP contribution in [0, 0.1) is 17.2 Å². The van der Waals surface area contributed by atoms with Gasteiger partial charge in [0.1, 0.15) is 5.54 Å². The maximum Gasteiger partial charge on any atom is 0.234 e. The SMILES string of the molecule is CC(C)[C@@](C)(C#N)NC(=O)[C@H](C)Sc1nnc(NCc2ccccc2)s1. The van der Waals surface area contributed by atoms with Crippen molar-refractivity contribution in [1.82, 2.24) is 15.5 Å². The molecule has 0 saturated heterocycles. The summed E-state index contributed by atoms with van der Waals surface area (Å²) < 4.78 is 0.714. The molecule has 0 radical (unpaired) electrons. The number of hydrogen-bond donors (Lipinski definition) is 2. The Morgan fingerprint density at radius 1 is 1.31 bits per heavy atom. The van der Waals surface area contributed by atoms with Crippen LogP contribution in [-0.4, -0.2) is 26.9 Å². The van der Waals surface area contributed by atoms with Crippen LogP contribution in [0.1, 0.15) is 33.3 Å². The lowest BCUT2D eigenvalue weighted by atomic mass is 9.90. The predicted molar refractivity (Wildman–Crippen MR) is 106 cm³/mol. The minimum Gasteiger partial charge on any atom is -0.356 e. The van der Waals surface area contributed by atoms with E-state index in [1.807, 2.05) is 44.2 Å². The molecule has 0 bridgehead atoms. The molecular weight excluding hydrogens is 366 g/mol. The van der Waals surface area contributed by atoms with Crippen LogP contribution < -0.4 is 10.6 Å². The summed E-state index contributed by atoms with van der Waals surface area (Å²) in [6.07, 6.45) is 0. The molecule has 0 aliphatic carbocycles. The van der Waals surface area contributed by atoms with Gasteiger partial charge in [-0.3, -0.25) is 4.79 Å². The fourth-order valence-corrected chi connectivity index (χ4v) is 3.86. The smallest absolute Gasteiger partial charge is 0.234 e. The van der Waals surface area contributed by atoms with E-state index in [2.05, 4.69) is 26.9 Å². The van der Waals surface area contributed by atoms with Crippen molar-refractivity contribution >= 4 is 34.1 Å². The second kappa shape index (κ2) is 9.01. The van der Waals surface area contributed by atoms with Gasteiger partial charge >= 0.3 is 0 Å². The van der Waals surface area contributed by atoms with Gasteiger partial charge in [-0.2, -0.15) is 5.26 Å². The molecule has 138 valence electrons. The van der Waals surface area contributed by atoms with Gasteiger partial charge in [0, 0.05) is 6.54 Å². The number of benzene rings is 1. The lowest BCUT2D eigenvalue weighted by molar-refractivity contribution is -0.121. The van der Waals surface area contributed by atoms with E-state index in [0.717, 1.165) is 5.56 Å². The normalized spacial score (nSPS) is 14.3. The minimum absolute atomic E-state index is 0.0176. The molecule has 0 spiro atoms. The second-order valence-corrected chi connectivity index (χ2v) is 9.00. The number of amides is 1. The number of rotatable bonds is 8. The maximum absolute atomic E-state index is 12.4. The highest BCUT2D eigenvalue weighted by atomic mass is 32.2. The van der Waals surface area contributed by atoms with Crippen LogP contribution in [0.3, 0.4) is 0 Å². The number of hydrogen-bond acceptors (Lipinski definition) is 7. The first-order valence-electron chi connectivity index (χ1n) is 8.35. The highest BCUT2D eigenvalue weighted by Gasteiger charge is 2.32. The molecule has 2 aromatic rings. The van der Waals surface area contributed by atoms with Gasteiger partial charge in [0.05, 0.1) is 11.3 Å². The number of aromatic nitrogens is 2. The number of carbonyl (C=O) groups excluding carboxylic acids is 1. The first kappa shape index (κ1) is 20.2. The van der Waals surface area contributed by atoms with Crippen molar-refractivity contribution in [1.29, 1.82) is 5.26 Å². The van der Waals surface area contributed by atoms with E-state index >= 15 is 0 Å². The van der Waals surface area contributed by atoms with Crippen molar-refractivity contribution in [3.63, 3.8) is 0 Å². The van der Waals surface area contributed by atoms with Crippen LogP contribution in [0.25, 0.3) is 0 Å². The summed E-state index contributed by atoms with van der Waals surface area (Å²) in [4.78, 5) is 12.4. The van der Waals surface area contributed by atoms with Crippen LogP contribution in [0.2, 0.25) is 0 Å². The van der Waals surface area contributed by atoms with E-state index in [9.17, 15) is 10.1 Å². The summed E-state index contributed by atoms with van der Waals surface area (Å²) >= 11 is 2.75. The average Bonchev–Trinajstić information content (AvgIpc) is 3.07. The Hall–Kier alpha value is -2.11. The van der Waals surface area contributed by atoms with E-state index < -0.39 is 5.54 Å². The van der Waals surface area contributed by atoms with Crippen molar-refractivity contribution in [3.05, 3.63) is 35.9 Å². The standard InChI is InChI=1S/C18H23N5OS2/c1-12(2)18(4,11-19)21-15(24)13(3)25-17-23-22-16(26-17)20-10-14-8-6-5-7-9-14/h5-9,12-13H,10H2,1-4H3,(H,20,22)(H,21,24)/t13-,18+/m0/s1. The lowest BCUT2D eigenvalue weighted by Crippen LogP contribution is -2.51. The number of nitrogens with one attached hydrogen (secondary N) is 2. The Kier molecular flexibility index (Phi) is 7.00. The average molecular weight is 390 g/mol. The maximum atomic E-state index is 12.4. The molecule has 2 rings (SSSR count). The quantitative estimate of drug-likeness (QED) is 0.669. The number of carbonyl (C=O) groups is 1. The molecular formula is C18H23N5OS2. The van der Waals surface area contributed by atoms with Crippen molar-refractivity contribution < 1.29 is 4.79 Å². The molecule has 0 aliphatic heterocycles. The Morgan fingerprint density at radius 2 is 2.00 bits per heavy atom. The third kappa shape index (κ3) is 5.44. The highest BCUT2D eigenvalue weighted by molar-refractivity contribution is 8.02. The molecule has 0 saturated carbocycles. The third-order valence-corrected chi connectivity index (χ3v) is 6.17. The molecule has 8 heteroatoms. The Balaban J connectivity index is 1.89. The van der Waals surface area contributed by atoms with E-state index in [4.69, 9.17) is 0 Å². The first-order chi connectivity index (χ1) is 12.3. The fourth-order valence-electron chi connectivity index (χ4n) is 1.97. The van der Waals surface area contributed by atoms with Crippen molar-refractivity contribution in [2.24, 2.45) is 5.92 Å². The number of nitriles is 1. The van der Waals surface area contributed by atoms with Gasteiger partial charge in [0.25, 0.3) is 0 Å². The molecule has 1 amide bonds. The predicted octanol–water partition coefficient (Wildman–Crippen LogP) is 3.69. The lowest BCUT2D eigenvalue weighted by Gasteiger charge is -2.28. The van der Waals surface area contributed by atoms with Gasteiger partial charge in [0.15, 0.2) is 4.34 Å². The molecule has 0 aliphatic rings. The summed E-state index contributed by atoms with van der Waals surface area (Å²) in [5, 5.41) is 24.0. The zero-order valence-electron chi connectivity index (χ0n) is 15.3. The van der Waals surface area contributed by atoms with Crippen molar-refractivity contribution in [2.45, 2.75) is 49.4 Å². The van der Waals surface area contributed by atoms with Crippen molar-refractivity contribution in [3.8, 4) is 6.07 Å². The number of anilines is 1. The van der Waals surface area contributed by atoms with E-state index in [1.165, 1.54) is 23.1 Å². The zero-order valence-corrected chi connectivity index (χ0v) is 16.9. The van der Waals surface area contributed by atoms with E-state index in [1.54, 1.807) is 13.8 Å². The fraction of sp³-hybridized carbons (Fsp3) is 0.444. The molecule has 0 unspecified atom stereocenters. The third-order valence-electron chi connectivity index (χ3n) is 4.11. The van der Waals surface area contributed by atoms with Gasteiger partial charge in [-0.25, -0.2) is 0 Å². The van der Waals surface area contributed by atoms with Gasteiger partial charge in [-0.15, -0.1) is 10.2 Å². The van der Waals surface area contributed by atoms with Gasteiger partial charge in [0.2, 0.25) is 11.0 Å². The molecule has 1 aromatic carbocycles. The number of thioether (sulfide) groups is 1. The molecule has 1 aromatic heterocycles. The molecule has 1 heterocycles. The zero-order chi connectivity index (χ0) is 19.2. The molecule has 2 atom stereocenters. The first-order valence-corrected chi connectivity index (χ1v) is 10.0. The van der Waals surface area contributed by atoms with Gasteiger partial charge in [-0.05, 0) is 25.3 Å². The minimum atomic E-state index is -0.880. The second-order valence-electron chi connectivity index (χ2n) is 6.43. The van der Waals surface area contributed by atoms with Crippen LogP contribution >= 0.6 is 23.1 Å². The topological polar surface area (TPSA) is 90.7 Å². The van der Waals surface area contributed by atoms with Gasteiger partial charge in [-0.1, -0.05) is 67.3 Å². The van der Waals surface area contributed by atoms with Gasteiger partial charge < -0.3 is 10.6 Å². The van der Waals surface area contributed by atoms with Crippen LogP contribution in [0.15, 0.2) is 34.7 Å². The molecule has 2 N–H and O–H groups in total. The summed E-state index contributed by atoms with van der Waals surface area (Å²) in [6, 6.07) is 12.2. The Morgan fingerprint density at radius 3 is 2.62 bits per heavy atom. The summed E-state index contributed by atoms with van der Waals surface area (Å²) in [5.41, 5.74) is 0.282. The van der Waals surface area contributed by atoms with Crippen LogP contribution in [0.5, 0.6) is 0 Å². The van der Waals surface area contributed by atoms with E-state index in [-0.39, 0.29) is 17.1 Å². The largest absolute Gasteiger partial charge is 0.356 e. The summed E-state index contributed by atoms with van der Waals surface area (Å²) in [6.45, 7) is 8.04. The molecule has 26 heavy (non-hydrogen) atoms. The Bertz CT molecular complexity index is 771. The monoisotopic (exact) mass is 389 g/mol. The Labute approximate surface area is 162 Å². The van der Waals surface area contributed by atoms with Crippen molar-refractivity contribution in [2.75, 3.05) is 5.32 Å². The molecule has 6 nitrogen and oxygen atoms in total. The highest BCUT2D eigenvalue weighted by Crippen LogP contribution is 2.29. The number of nitrogens with zero attached hydrogens (tertiary/aromatic N) is 3. The summed E-state index contributed by atoms with van der Waals surface area (Å²) in [7, 11) is 0. The van der Waals surface area contributed by atoms with Crippen LogP contribution in [0.4, 0.5) is 5.13 Å². The van der Waals surface area contributed by atoms with E-state index in [0.29, 0.717) is 16.0 Å². The summed E-state index contributed by atoms with van der Waals surface area (Å²) in [5.74, 6) is -0.161. The molecule has 0 fully saturated rings. The van der Waals surface area contributed by atoms with Crippen LogP contribution in [-0.2, 0) is 11.3 Å².